The van der Waals surface area contributed by atoms with Gasteiger partial charge in [0.25, 0.3) is 5.91 Å². The Morgan fingerprint density at radius 2 is 2.06 bits per heavy atom. The Labute approximate surface area is 184 Å². The van der Waals surface area contributed by atoms with Crippen LogP contribution in [0.3, 0.4) is 0 Å². The summed E-state index contributed by atoms with van der Waals surface area (Å²) in [4.78, 5) is 52.2. The van der Waals surface area contributed by atoms with Gasteiger partial charge < -0.3 is 25.7 Å². The first-order valence-corrected chi connectivity index (χ1v) is 10.5. The maximum atomic E-state index is 12.6. The number of rotatable bonds is 9. The lowest BCUT2D eigenvalue weighted by atomic mass is 9.96. The van der Waals surface area contributed by atoms with Gasteiger partial charge in [-0.3, -0.25) is 19.2 Å². The van der Waals surface area contributed by atoms with Gasteiger partial charge in [-0.2, -0.15) is 0 Å². The molecule has 1 aromatic carbocycles. The van der Waals surface area contributed by atoms with Crippen LogP contribution in [0.1, 0.15) is 30.3 Å². The molecule has 0 aliphatic carbocycles. The molecule has 3 atom stereocenters. The maximum Gasteiger partial charge on any atom is 0.268 e. The van der Waals surface area contributed by atoms with Crippen LogP contribution in [0.5, 0.6) is 5.75 Å². The lowest BCUT2D eigenvalue weighted by Gasteiger charge is -2.21. The van der Waals surface area contributed by atoms with E-state index in [9.17, 15) is 19.2 Å². The molecule has 0 radical (unpaired) electrons. The van der Waals surface area contributed by atoms with Crippen LogP contribution < -0.4 is 20.7 Å². The lowest BCUT2D eigenvalue weighted by molar-refractivity contribution is -0.129. The van der Waals surface area contributed by atoms with E-state index < -0.39 is 23.9 Å². The smallest absolute Gasteiger partial charge is 0.268 e. The van der Waals surface area contributed by atoms with Crippen molar-refractivity contribution in [3.8, 4) is 5.75 Å². The molecular weight excluding hydrogens is 424 g/mol. The van der Waals surface area contributed by atoms with Crippen LogP contribution in [0.15, 0.2) is 24.3 Å². The summed E-state index contributed by atoms with van der Waals surface area (Å²) in [7, 11) is 1.54. The number of methoxy groups -OCH3 is 1. The molecule has 2 heterocycles. The van der Waals surface area contributed by atoms with Crippen LogP contribution in [0.25, 0.3) is 10.9 Å². The first-order valence-electron chi connectivity index (χ1n) is 9.97. The molecule has 4 N–H and O–H groups in total. The molecule has 3 rings (SSSR count). The molecule has 0 unspecified atom stereocenters. The Kier molecular flexibility index (Phi) is 7.17. The van der Waals surface area contributed by atoms with Crippen LogP contribution in [0.2, 0.25) is 0 Å². The van der Waals surface area contributed by atoms with E-state index in [1.54, 1.807) is 25.3 Å². The van der Waals surface area contributed by atoms with Crippen LogP contribution in [-0.2, 0) is 14.4 Å². The Bertz CT molecular complexity index is 1000. The van der Waals surface area contributed by atoms with Crippen LogP contribution in [0.4, 0.5) is 0 Å². The third kappa shape index (κ3) is 5.16. The number of hydrogen-bond acceptors (Lipinski definition) is 5. The Morgan fingerprint density at radius 3 is 2.71 bits per heavy atom. The molecule has 0 bridgehead atoms. The van der Waals surface area contributed by atoms with E-state index in [0.29, 0.717) is 18.7 Å². The Hall–Kier alpha value is -3.07. The standard InChI is InChI=1S/C21H25ClN4O5/c1-11(19(28)26-15(17(27)10-22)8-12-6-7-23-20(12)29)24-21(30)16-9-13-14(25-16)4-3-5-18(13)31-2/h3-5,9,11-12,15,25H,6-8,10H2,1-2H3,(H,23,29)(H,24,30)(H,26,28)/t11-,12-,15-/m0/s1. The quantitative estimate of drug-likeness (QED) is 0.427. The second kappa shape index (κ2) is 9.82. The number of ether oxygens (including phenoxy) is 1. The molecule has 1 saturated heterocycles. The lowest BCUT2D eigenvalue weighted by Crippen LogP contribution is -2.51. The number of aromatic nitrogens is 1. The summed E-state index contributed by atoms with van der Waals surface area (Å²) in [5.41, 5.74) is 0.999. The van der Waals surface area contributed by atoms with Crippen molar-refractivity contribution in [3.63, 3.8) is 0 Å². The summed E-state index contributed by atoms with van der Waals surface area (Å²) >= 11 is 5.67. The molecule has 1 aliphatic rings. The van der Waals surface area contributed by atoms with E-state index in [1.807, 2.05) is 6.07 Å². The van der Waals surface area contributed by atoms with Gasteiger partial charge in [0.15, 0.2) is 5.78 Å². The fourth-order valence-electron chi connectivity index (χ4n) is 3.58. The van der Waals surface area contributed by atoms with Gasteiger partial charge >= 0.3 is 0 Å². The number of aromatic amines is 1. The molecule has 0 spiro atoms. The summed E-state index contributed by atoms with van der Waals surface area (Å²) in [5.74, 6) is -1.55. The fourth-order valence-corrected chi connectivity index (χ4v) is 3.77. The minimum atomic E-state index is -0.913. The number of ketones is 1. The molecule has 0 saturated carbocycles. The molecule has 3 amide bonds. The van der Waals surface area contributed by atoms with E-state index in [-0.39, 0.29) is 35.6 Å². The van der Waals surface area contributed by atoms with Gasteiger partial charge in [-0.1, -0.05) is 6.07 Å². The molecule has 9 nitrogen and oxygen atoms in total. The second-order valence-electron chi connectivity index (χ2n) is 7.47. The number of alkyl halides is 1. The van der Waals surface area contributed by atoms with Crippen LogP contribution in [0, 0.1) is 5.92 Å². The number of fused-ring (bicyclic) bond motifs is 1. The first kappa shape index (κ1) is 22.6. The Morgan fingerprint density at radius 1 is 1.29 bits per heavy atom. The zero-order valence-corrected chi connectivity index (χ0v) is 18.0. The first-order chi connectivity index (χ1) is 14.8. The van der Waals surface area contributed by atoms with Gasteiger partial charge in [-0.15, -0.1) is 11.6 Å². The van der Waals surface area contributed by atoms with Crippen molar-refractivity contribution < 1.29 is 23.9 Å². The summed E-state index contributed by atoms with van der Waals surface area (Å²) in [6, 6.07) is 5.24. The summed E-state index contributed by atoms with van der Waals surface area (Å²) in [5, 5.41) is 8.68. The van der Waals surface area contributed by atoms with E-state index in [0.717, 1.165) is 10.9 Å². The average molecular weight is 449 g/mol. The minimum absolute atomic E-state index is 0.141. The van der Waals surface area contributed by atoms with Crippen molar-refractivity contribution in [3.05, 3.63) is 30.0 Å². The zero-order chi connectivity index (χ0) is 22.5. The number of H-pyrrole nitrogens is 1. The molecule has 1 fully saturated rings. The van der Waals surface area contributed by atoms with E-state index in [4.69, 9.17) is 16.3 Å². The molecule has 1 aromatic heterocycles. The average Bonchev–Trinajstić information content (AvgIpc) is 3.38. The van der Waals surface area contributed by atoms with Crippen molar-refractivity contribution in [2.45, 2.75) is 31.8 Å². The van der Waals surface area contributed by atoms with Crippen LogP contribution >= 0.6 is 11.6 Å². The van der Waals surface area contributed by atoms with Gasteiger partial charge in [-0.05, 0) is 38.0 Å². The predicted molar refractivity (Wildman–Crippen MR) is 115 cm³/mol. The van der Waals surface area contributed by atoms with Gasteiger partial charge in [0.05, 0.1) is 19.0 Å². The van der Waals surface area contributed by atoms with Crippen LogP contribution in [-0.4, -0.2) is 60.1 Å². The van der Waals surface area contributed by atoms with Crippen molar-refractivity contribution in [2.75, 3.05) is 19.5 Å². The number of carbonyl (C=O) groups excluding carboxylic acids is 4. The second-order valence-corrected chi connectivity index (χ2v) is 7.74. The largest absolute Gasteiger partial charge is 0.496 e. The monoisotopic (exact) mass is 448 g/mol. The molecule has 31 heavy (non-hydrogen) atoms. The topological polar surface area (TPSA) is 129 Å². The molecular formula is C21H25ClN4O5. The molecule has 10 heteroatoms. The third-order valence-electron chi connectivity index (χ3n) is 5.35. The number of nitrogens with one attached hydrogen (secondary N) is 4. The highest BCUT2D eigenvalue weighted by Crippen LogP contribution is 2.26. The SMILES string of the molecule is COc1cccc2[nH]c(C(=O)N[C@@H](C)C(=O)N[C@@H](C[C@@H]3CCNC3=O)C(=O)CCl)cc12. The minimum Gasteiger partial charge on any atom is -0.496 e. The Balaban J connectivity index is 1.65. The fraction of sp³-hybridized carbons (Fsp3) is 0.429. The highest BCUT2D eigenvalue weighted by molar-refractivity contribution is 6.28. The van der Waals surface area contributed by atoms with Gasteiger partial charge in [0.2, 0.25) is 11.8 Å². The number of Topliss-reactive ketones (excluding diaryl/α,β-unsaturated/α-hetero) is 1. The van der Waals surface area contributed by atoms with E-state index in [1.165, 1.54) is 6.92 Å². The number of carbonyl (C=O) groups is 4. The highest BCUT2D eigenvalue weighted by atomic mass is 35.5. The zero-order valence-electron chi connectivity index (χ0n) is 17.3. The molecule has 1 aliphatic heterocycles. The predicted octanol–water partition coefficient (Wildman–Crippen LogP) is 1.11. The van der Waals surface area contributed by atoms with Crippen molar-refractivity contribution in [1.82, 2.24) is 20.9 Å². The normalized spacial score (nSPS) is 17.6. The summed E-state index contributed by atoms with van der Waals surface area (Å²) in [6.45, 7) is 2.06. The summed E-state index contributed by atoms with van der Waals surface area (Å²) < 4.78 is 5.29. The maximum absolute atomic E-state index is 12.6. The number of halogens is 1. The van der Waals surface area contributed by atoms with Gasteiger partial charge in [0.1, 0.15) is 17.5 Å². The van der Waals surface area contributed by atoms with E-state index in [2.05, 4.69) is 20.9 Å². The molecule has 166 valence electrons. The number of benzene rings is 1. The molecule has 2 aromatic rings. The van der Waals surface area contributed by atoms with Crippen molar-refractivity contribution in [1.29, 1.82) is 0 Å². The van der Waals surface area contributed by atoms with E-state index >= 15 is 0 Å². The van der Waals surface area contributed by atoms with Gasteiger partial charge in [-0.25, -0.2) is 0 Å². The van der Waals surface area contributed by atoms with Crippen molar-refractivity contribution in [2.24, 2.45) is 5.92 Å². The summed E-state index contributed by atoms with van der Waals surface area (Å²) in [6.07, 6.45) is 0.766. The number of amides is 3. The van der Waals surface area contributed by atoms with Gasteiger partial charge in [0, 0.05) is 23.4 Å². The third-order valence-corrected chi connectivity index (χ3v) is 5.61. The highest BCUT2D eigenvalue weighted by Gasteiger charge is 2.32. The number of hydrogen-bond donors (Lipinski definition) is 4. The van der Waals surface area contributed by atoms with Crippen molar-refractivity contribution >= 4 is 46.0 Å².